The van der Waals surface area contributed by atoms with Gasteiger partial charge in [-0.15, -0.1) is 0 Å². The smallest absolute Gasteiger partial charge is 0.374 e. The molecule has 1 N–H and O–H groups in total. The number of nitrogens with one attached hydrogen (secondary N) is 1. The van der Waals surface area contributed by atoms with Crippen LogP contribution in [0, 0.1) is 12.7 Å². The molecular weight excluding hydrogens is 688 g/mol. The number of nitrogens with zero attached hydrogens (tertiary/aromatic N) is 1. The Balaban J connectivity index is 1.26. The van der Waals surface area contributed by atoms with Crippen LogP contribution in [-0.4, -0.2) is 69.5 Å². The summed E-state index contributed by atoms with van der Waals surface area (Å²) in [4.78, 5) is 15.8. The van der Waals surface area contributed by atoms with Crippen LogP contribution in [0.5, 0.6) is 0 Å². The summed E-state index contributed by atoms with van der Waals surface area (Å²) in [5.74, 6) is -0.913. The number of ether oxygens (including phenoxy) is 3. The van der Waals surface area contributed by atoms with Crippen LogP contribution < -0.4 is 4.72 Å². The molecule has 4 aromatic carbocycles. The third-order valence-corrected chi connectivity index (χ3v) is 10.6. The van der Waals surface area contributed by atoms with Crippen LogP contribution in [0.1, 0.15) is 40.3 Å². The van der Waals surface area contributed by atoms with E-state index < -0.39 is 71.5 Å². The molecular formula is C38H38F4N2O6S. The molecule has 1 unspecified atom stereocenters. The van der Waals surface area contributed by atoms with Crippen molar-refractivity contribution in [2.75, 3.05) is 19.8 Å². The van der Waals surface area contributed by atoms with Gasteiger partial charge in [0.1, 0.15) is 11.9 Å². The second-order valence-corrected chi connectivity index (χ2v) is 14.5. The zero-order chi connectivity index (χ0) is 36.2. The number of carbonyl (C=O) groups is 1. The van der Waals surface area contributed by atoms with Crippen molar-refractivity contribution < 1.29 is 45.0 Å². The van der Waals surface area contributed by atoms with Gasteiger partial charge in [-0.25, -0.2) is 17.5 Å². The normalized spacial score (nSPS) is 21.5. The molecule has 2 aliphatic heterocycles. The van der Waals surface area contributed by atoms with Crippen molar-refractivity contribution in [3.8, 4) is 0 Å². The van der Waals surface area contributed by atoms with Gasteiger partial charge in [-0.3, -0.25) is 4.79 Å². The fourth-order valence-corrected chi connectivity index (χ4v) is 7.74. The number of rotatable bonds is 11. The van der Waals surface area contributed by atoms with Crippen molar-refractivity contribution in [3.05, 3.63) is 137 Å². The lowest BCUT2D eigenvalue weighted by molar-refractivity contribution is -0.259. The van der Waals surface area contributed by atoms with E-state index in [2.05, 4.69) is 4.72 Å². The molecule has 0 aromatic heterocycles. The standard InChI is InChI=1S/C38H38F4N2O6S/c1-25-11-17-30(18-12-25)51(46,47)43-32-21-33(49-23-34(32)50-35(38(40,41)42)24-48-22-26-7-3-2-4-8-26)37(45)44-20-19-27-9-5-6-10-31(27)36(44)28-13-15-29(39)16-14-28/h2-18,32-36,43H,19-24H2,1H3/t32-,33+,34-,35?,36-/m0/s1. The Hall–Kier alpha value is -4.14. The van der Waals surface area contributed by atoms with Gasteiger partial charge in [-0.05, 0) is 59.9 Å². The zero-order valence-electron chi connectivity index (χ0n) is 27.8. The van der Waals surface area contributed by atoms with Crippen LogP contribution >= 0.6 is 0 Å². The van der Waals surface area contributed by atoms with Crippen molar-refractivity contribution >= 4 is 15.9 Å². The van der Waals surface area contributed by atoms with E-state index in [1.807, 2.05) is 24.3 Å². The Morgan fingerprint density at radius 3 is 2.35 bits per heavy atom. The lowest BCUT2D eigenvalue weighted by Gasteiger charge is -2.42. The minimum absolute atomic E-state index is 0.0911. The predicted octanol–water partition coefficient (Wildman–Crippen LogP) is 6.28. The minimum Gasteiger partial charge on any atom is -0.374 e. The van der Waals surface area contributed by atoms with E-state index >= 15 is 0 Å². The zero-order valence-corrected chi connectivity index (χ0v) is 28.6. The largest absolute Gasteiger partial charge is 0.416 e. The van der Waals surface area contributed by atoms with E-state index in [4.69, 9.17) is 14.2 Å². The second kappa shape index (κ2) is 15.6. The highest BCUT2D eigenvalue weighted by atomic mass is 32.2. The Morgan fingerprint density at radius 1 is 0.961 bits per heavy atom. The number of carbonyl (C=O) groups excluding carboxylic acids is 1. The molecule has 0 aliphatic carbocycles. The average molecular weight is 727 g/mol. The van der Waals surface area contributed by atoms with Gasteiger partial charge < -0.3 is 19.1 Å². The molecule has 0 spiro atoms. The summed E-state index contributed by atoms with van der Waals surface area (Å²) in [7, 11) is -4.26. The molecule has 0 radical (unpaired) electrons. The summed E-state index contributed by atoms with van der Waals surface area (Å²) in [5.41, 5.74) is 4.01. The molecule has 1 amide bonds. The fourth-order valence-electron chi connectivity index (χ4n) is 6.47. The number of alkyl halides is 3. The maximum atomic E-state index is 14.3. The van der Waals surface area contributed by atoms with E-state index in [1.54, 1.807) is 66.4 Å². The summed E-state index contributed by atoms with van der Waals surface area (Å²) in [5, 5.41) is 0. The highest BCUT2D eigenvalue weighted by Crippen LogP contribution is 2.37. The van der Waals surface area contributed by atoms with E-state index in [0.717, 1.165) is 16.7 Å². The highest BCUT2D eigenvalue weighted by Gasteiger charge is 2.47. The number of amides is 1. The Morgan fingerprint density at radius 2 is 1.65 bits per heavy atom. The van der Waals surface area contributed by atoms with Gasteiger partial charge >= 0.3 is 6.18 Å². The van der Waals surface area contributed by atoms with Crippen molar-refractivity contribution in [2.45, 2.75) is 67.8 Å². The van der Waals surface area contributed by atoms with E-state index in [-0.39, 0.29) is 24.5 Å². The lowest BCUT2D eigenvalue weighted by Crippen LogP contribution is -2.58. The van der Waals surface area contributed by atoms with E-state index in [9.17, 15) is 30.8 Å². The number of halogens is 4. The molecule has 8 nitrogen and oxygen atoms in total. The molecule has 270 valence electrons. The molecule has 1 fully saturated rings. The number of hydrogen-bond donors (Lipinski definition) is 1. The molecule has 13 heteroatoms. The highest BCUT2D eigenvalue weighted by molar-refractivity contribution is 7.89. The molecule has 1 saturated heterocycles. The van der Waals surface area contributed by atoms with Gasteiger partial charge in [0, 0.05) is 13.0 Å². The lowest BCUT2D eigenvalue weighted by atomic mass is 9.87. The van der Waals surface area contributed by atoms with Crippen molar-refractivity contribution in [1.82, 2.24) is 9.62 Å². The first-order valence-electron chi connectivity index (χ1n) is 16.6. The molecule has 0 bridgehead atoms. The average Bonchev–Trinajstić information content (AvgIpc) is 3.11. The monoisotopic (exact) mass is 726 g/mol. The van der Waals surface area contributed by atoms with Crippen LogP contribution in [0.15, 0.2) is 108 Å². The van der Waals surface area contributed by atoms with Gasteiger partial charge in [0.05, 0.1) is 42.9 Å². The Bertz CT molecular complexity index is 1890. The van der Waals surface area contributed by atoms with Gasteiger partial charge in [0.15, 0.2) is 6.10 Å². The van der Waals surface area contributed by atoms with Crippen LogP contribution in [0.2, 0.25) is 0 Å². The van der Waals surface area contributed by atoms with Crippen LogP contribution in [0.25, 0.3) is 0 Å². The quantitative estimate of drug-likeness (QED) is 0.183. The molecule has 4 aromatic rings. The Labute approximate surface area is 294 Å². The first-order chi connectivity index (χ1) is 24.4. The van der Waals surface area contributed by atoms with Crippen molar-refractivity contribution in [1.29, 1.82) is 0 Å². The van der Waals surface area contributed by atoms with E-state index in [1.165, 1.54) is 24.3 Å². The molecule has 2 heterocycles. The summed E-state index contributed by atoms with van der Waals surface area (Å²) in [6, 6.07) is 26.2. The maximum absolute atomic E-state index is 14.3. The van der Waals surface area contributed by atoms with Gasteiger partial charge in [0.2, 0.25) is 10.0 Å². The summed E-state index contributed by atoms with van der Waals surface area (Å²) in [6.45, 7) is 0.631. The third kappa shape index (κ3) is 8.85. The van der Waals surface area contributed by atoms with Gasteiger partial charge in [0.25, 0.3) is 5.91 Å². The topological polar surface area (TPSA) is 94.2 Å². The second-order valence-electron chi connectivity index (χ2n) is 12.7. The fraction of sp³-hybridized carbons (Fsp3) is 0.342. The molecule has 6 rings (SSSR count). The van der Waals surface area contributed by atoms with Crippen LogP contribution in [-0.2, 0) is 42.1 Å². The minimum atomic E-state index is -4.85. The number of fused-ring (bicyclic) bond motifs is 1. The number of hydrogen-bond acceptors (Lipinski definition) is 6. The number of sulfonamides is 1. The number of aryl methyl sites for hydroxylation is 1. The third-order valence-electron chi connectivity index (χ3n) is 9.13. The molecule has 5 atom stereocenters. The first-order valence-corrected chi connectivity index (χ1v) is 18.1. The van der Waals surface area contributed by atoms with Gasteiger partial charge in [-0.1, -0.05) is 84.4 Å². The molecule has 51 heavy (non-hydrogen) atoms. The summed E-state index contributed by atoms with van der Waals surface area (Å²) >= 11 is 0. The summed E-state index contributed by atoms with van der Waals surface area (Å²) in [6.07, 6.45) is -9.68. The van der Waals surface area contributed by atoms with E-state index in [0.29, 0.717) is 17.5 Å². The first kappa shape index (κ1) is 36.6. The van der Waals surface area contributed by atoms with Crippen LogP contribution in [0.4, 0.5) is 17.6 Å². The van der Waals surface area contributed by atoms with Crippen molar-refractivity contribution in [3.63, 3.8) is 0 Å². The number of benzene rings is 4. The predicted molar refractivity (Wildman–Crippen MR) is 181 cm³/mol. The molecule has 2 aliphatic rings. The SMILES string of the molecule is Cc1ccc(S(=O)(=O)N[C@H]2C[C@H](C(=O)N3CCc4ccccc4[C@@H]3c3ccc(F)cc3)OC[C@@H]2OC(COCc2ccccc2)C(F)(F)F)cc1. The summed E-state index contributed by atoms with van der Waals surface area (Å²) < 4.78 is 103. The van der Waals surface area contributed by atoms with Gasteiger partial charge in [-0.2, -0.15) is 13.2 Å². The van der Waals surface area contributed by atoms with Crippen LogP contribution in [0.3, 0.4) is 0 Å². The maximum Gasteiger partial charge on any atom is 0.416 e. The Kier molecular flexibility index (Phi) is 11.2. The van der Waals surface area contributed by atoms with Crippen molar-refractivity contribution in [2.24, 2.45) is 0 Å². The molecule has 0 saturated carbocycles.